The molecule has 0 fully saturated rings. The summed E-state index contributed by atoms with van der Waals surface area (Å²) in [5.41, 5.74) is 0.569. The molecule has 210 valence electrons. The number of carbonyl (C=O) groups excluding carboxylic acids is 2. The molecule has 2 aromatic rings. The first-order valence-electron chi connectivity index (χ1n) is 12.1. The quantitative estimate of drug-likeness (QED) is 0.370. The summed E-state index contributed by atoms with van der Waals surface area (Å²) < 4.78 is 37.4. The van der Waals surface area contributed by atoms with Crippen LogP contribution >= 0.6 is 23.2 Å². The van der Waals surface area contributed by atoms with Crippen LogP contribution in [-0.2, 0) is 26.2 Å². The number of hydrogen-bond donors (Lipinski definition) is 1. The van der Waals surface area contributed by atoms with Crippen LogP contribution in [0.1, 0.15) is 39.2 Å². The highest BCUT2D eigenvalue weighted by molar-refractivity contribution is 7.92. The van der Waals surface area contributed by atoms with Crippen molar-refractivity contribution in [1.82, 2.24) is 10.2 Å². The molecule has 0 aliphatic heterocycles. The summed E-state index contributed by atoms with van der Waals surface area (Å²) in [5.74, 6) is -0.377. The maximum atomic E-state index is 13.9. The van der Waals surface area contributed by atoms with Crippen molar-refractivity contribution in [2.45, 2.75) is 52.2 Å². The number of nitrogens with zero attached hydrogens (tertiary/aromatic N) is 2. The Bertz CT molecular complexity index is 1220. The third-order valence-corrected chi connectivity index (χ3v) is 7.95. The number of ether oxygens (including phenoxy) is 2. The first-order valence-corrected chi connectivity index (χ1v) is 14.7. The molecule has 0 aliphatic rings. The zero-order valence-corrected chi connectivity index (χ0v) is 24.8. The zero-order chi connectivity index (χ0) is 28.6. The topological polar surface area (TPSA) is 105 Å². The van der Waals surface area contributed by atoms with Crippen molar-refractivity contribution < 1.29 is 27.5 Å². The second-order valence-electron chi connectivity index (χ2n) is 8.77. The lowest BCUT2D eigenvalue weighted by Gasteiger charge is -2.34. The van der Waals surface area contributed by atoms with Crippen molar-refractivity contribution in [3.05, 3.63) is 52.0 Å². The monoisotopic (exact) mass is 587 g/mol. The number of methoxy groups -OCH3 is 2. The zero-order valence-electron chi connectivity index (χ0n) is 22.5. The maximum Gasteiger partial charge on any atom is 0.244 e. The molecule has 0 saturated heterocycles. The minimum absolute atomic E-state index is 0.101. The standard InChI is InChI=1S/C26H35Cl2N3O6S/c1-7-17(3)29-26(33)22(8-2)30(15-19-20(27)10-9-11-21(19)28)25(32)16-31(38(6,34)35)23-14-18(36-4)12-13-24(23)37-5/h9-14,17,22H,7-8,15-16H2,1-6H3,(H,29,33)/t17-,22+/m1/s1. The average Bonchev–Trinajstić information content (AvgIpc) is 2.87. The van der Waals surface area contributed by atoms with Gasteiger partial charge in [0.25, 0.3) is 0 Å². The highest BCUT2D eigenvalue weighted by atomic mass is 35.5. The Morgan fingerprint density at radius 3 is 2.16 bits per heavy atom. The largest absolute Gasteiger partial charge is 0.497 e. The fourth-order valence-electron chi connectivity index (χ4n) is 3.80. The van der Waals surface area contributed by atoms with Crippen LogP contribution < -0.4 is 19.1 Å². The van der Waals surface area contributed by atoms with Gasteiger partial charge in [0.2, 0.25) is 21.8 Å². The highest BCUT2D eigenvalue weighted by Crippen LogP contribution is 2.34. The number of halogens is 2. The molecule has 0 aliphatic carbocycles. The first kappa shape index (κ1) is 31.5. The van der Waals surface area contributed by atoms with Crippen LogP contribution in [0.15, 0.2) is 36.4 Å². The van der Waals surface area contributed by atoms with E-state index < -0.39 is 28.5 Å². The Balaban J connectivity index is 2.59. The van der Waals surface area contributed by atoms with Crippen molar-refractivity contribution >= 4 is 50.7 Å². The van der Waals surface area contributed by atoms with Crippen molar-refractivity contribution in [3.63, 3.8) is 0 Å². The van der Waals surface area contributed by atoms with E-state index >= 15 is 0 Å². The summed E-state index contributed by atoms with van der Waals surface area (Å²) in [6.07, 6.45) is 1.96. The number of amides is 2. The number of hydrogen-bond acceptors (Lipinski definition) is 6. The smallest absolute Gasteiger partial charge is 0.244 e. The molecule has 0 bridgehead atoms. The second-order valence-corrected chi connectivity index (χ2v) is 11.5. The SMILES string of the molecule is CC[C@@H](C)NC(=O)[C@H](CC)N(Cc1c(Cl)cccc1Cl)C(=O)CN(c1cc(OC)ccc1OC)S(C)(=O)=O. The van der Waals surface area contributed by atoms with E-state index in [-0.39, 0.29) is 36.4 Å². The second kappa shape index (κ2) is 13.9. The molecule has 2 rings (SSSR count). The Morgan fingerprint density at radius 1 is 1.03 bits per heavy atom. The minimum atomic E-state index is -3.97. The normalized spacial score (nSPS) is 12.8. The van der Waals surface area contributed by atoms with Gasteiger partial charge in [0, 0.05) is 34.3 Å². The third kappa shape index (κ3) is 7.91. The highest BCUT2D eigenvalue weighted by Gasteiger charge is 2.33. The Kier molecular flexibility index (Phi) is 11.5. The van der Waals surface area contributed by atoms with Crippen molar-refractivity contribution in [3.8, 4) is 11.5 Å². The van der Waals surface area contributed by atoms with Gasteiger partial charge in [-0.15, -0.1) is 0 Å². The Labute approximate surface area is 235 Å². The van der Waals surface area contributed by atoms with E-state index in [1.165, 1.54) is 25.2 Å². The molecular formula is C26H35Cl2N3O6S. The molecule has 38 heavy (non-hydrogen) atoms. The summed E-state index contributed by atoms with van der Waals surface area (Å²) in [6.45, 7) is 4.87. The molecule has 0 spiro atoms. The summed E-state index contributed by atoms with van der Waals surface area (Å²) >= 11 is 12.8. The predicted molar refractivity (Wildman–Crippen MR) is 151 cm³/mol. The Morgan fingerprint density at radius 2 is 1.66 bits per heavy atom. The lowest BCUT2D eigenvalue weighted by molar-refractivity contribution is -0.140. The number of benzene rings is 2. The lowest BCUT2D eigenvalue weighted by Crippen LogP contribution is -2.53. The van der Waals surface area contributed by atoms with E-state index in [1.807, 2.05) is 13.8 Å². The third-order valence-electron chi connectivity index (χ3n) is 6.11. The molecule has 0 unspecified atom stereocenters. The molecule has 9 nitrogen and oxygen atoms in total. The number of rotatable bonds is 13. The van der Waals surface area contributed by atoms with Gasteiger partial charge in [-0.05, 0) is 44.0 Å². The van der Waals surface area contributed by atoms with Gasteiger partial charge >= 0.3 is 0 Å². The van der Waals surface area contributed by atoms with E-state index in [9.17, 15) is 18.0 Å². The summed E-state index contributed by atoms with van der Waals surface area (Å²) in [7, 11) is -1.13. The van der Waals surface area contributed by atoms with E-state index in [4.69, 9.17) is 32.7 Å². The summed E-state index contributed by atoms with van der Waals surface area (Å²) in [4.78, 5) is 28.5. The molecular weight excluding hydrogens is 553 g/mol. The van der Waals surface area contributed by atoms with Gasteiger partial charge in [0.1, 0.15) is 24.1 Å². The van der Waals surface area contributed by atoms with Crippen molar-refractivity contribution in [2.75, 3.05) is 31.3 Å². The van der Waals surface area contributed by atoms with E-state index in [0.717, 1.165) is 10.6 Å². The molecule has 12 heteroatoms. The minimum Gasteiger partial charge on any atom is -0.497 e. The molecule has 0 aromatic heterocycles. The van der Waals surface area contributed by atoms with Crippen LogP contribution in [0.25, 0.3) is 0 Å². The van der Waals surface area contributed by atoms with Gasteiger partial charge in [-0.1, -0.05) is 43.1 Å². The van der Waals surface area contributed by atoms with Gasteiger partial charge in [0.05, 0.1) is 26.2 Å². The van der Waals surface area contributed by atoms with Crippen LogP contribution in [0.3, 0.4) is 0 Å². The predicted octanol–water partition coefficient (Wildman–Crippen LogP) is 4.50. The number of carbonyl (C=O) groups is 2. The van der Waals surface area contributed by atoms with Crippen LogP contribution in [0.5, 0.6) is 11.5 Å². The van der Waals surface area contributed by atoms with Crippen molar-refractivity contribution in [1.29, 1.82) is 0 Å². The maximum absolute atomic E-state index is 13.9. The Hall–Kier alpha value is -2.69. The lowest BCUT2D eigenvalue weighted by atomic mass is 10.1. The van der Waals surface area contributed by atoms with Gasteiger partial charge in [-0.2, -0.15) is 0 Å². The summed E-state index contributed by atoms with van der Waals surface area (Å²) in [6, 6.07) is 8.55. The van der Waals surface area contributed by atoms with Crippen LogP contribution in [-0.4, -0.2) is 64.2 Å². The van der Waals surface area contributed by atoms with Crippen LogP contribution in [0.4, 0.5) is 5.69 Å². The first-order chi connectivity index (χ1) is 17.9. The number of nitrogens with one attached hydrogen (secondary N) is 1. The number of anilines is 1. The summed E-state index contributed by atoms with van der Waals surface area (Å²) in [5, 5.41) is 3.55. The van der Waals surface area contributed by atoms with E-state index in [1.54, 1.807) is 37.3 Å². The molecule has 2 atom stereocenters. The van der Waals surface area contributed by atoms with Gasteiger partial charge in [-0.3, -0.25) is 13.9 Å². The molecule has 0 heterocycles. The van der Waals surface area contributed by atoms with Gasteiger partial charge in [0.15, 0.2) is 0 Å². The van der Waals surface area contributed by atoms with Gasteiger partial charge in [-0.25, -0.2) is 8.42 Å². The average molecular weight is 589 g/mol. The van der Waals surface area contributed by atoms with Gasteiger partial charge < -0.3 is 19.7 Å². The fraction of sp³-hybridized carbons (Fsp3) is 0.462. The van der Waals surface area contributed by atoms with Crippen LogP contribution in [0, 0.1) is 0 Å². The van der Waals surface area contributed by atoms with Crippen LogP contribution in [0.2, 0.25) is 10.0 Å². The molecule has 0 saturated carbocycles. The number of sulfonamides is 1. The van der Waals surface area contributed by atoms with Crippen molar-refractivity contribution in [2.24, 2.45) is 0 Å². The molecule has 2 amide bonds. The van der Waals surface area contributed by atoms with E-state index in [0.29, 0.717) is 27.8 Å². The molecule has 1 N–H and O–H groups in total. The molecule has 0 radical (unpaired) electrons. The fourth-order valence-corrected chi connectivity index (χ4v) is 5.16. The molecule has 2 aromatic carbocycles. The van der Waals surface area contributed by atoms with E-state index in [2.05, 4.69) is 5.32 Å².